The predicted octanol–water partition coefficient (Wildman–Crippen LogP) is 1.94. The van der Waals surface area contributed by atoms with Gasteiger partial charge in [0.1, 0.15) is 6.04 Å². The minimum absolute atomic E-state index is 0.0155. The van der Waals surface area contributed by atoms with Crippen LogP contribution in [0.15, 0.2) is 17.5 Å². The second-order valence-corrected chi connectivity index (χ2v) is 5.36. The lowest BCUT2D eigenvalue weighted by atomic mass is 10.0. The van der Waals surface area contributed by atoms with E-state index in [2.05, 4.69) is 12.2 Å². The number of nitrogens with zero attached hydrogens (tertiary/aromatic N) is 1. The molecule has 2 unspecified atom stereocenters. The van der Waals surface area contributed by atoms with Crippen molar-refractivity contribution in [3.8, 4) is 0 Å². The van der Waals surface area contributed by atoms with Crippen molar-refractivity contribution in [2.75, 3.05) is 6.54 Å². The predicted molar refractivity (Wildman–Crippen MR) is 71.3 cm³/mol. The Bertz CT molecular complexity index is 430. The van der Waals surface area contributed by atoms with Crippen molar-refractivity contribution in [1.29, 1.82) is 0 Å². The van der Waals surface area contributed by atoms with E-state index in [0.717, 1.165) is 11.3 Å². The summed E-state index contributed by atoms with van der Waals surface area (Å²) in [5.74, 6) is -0.0196. The van der Waals surface area contributed by atoms with Crippen LogP contribution >= 0.6 is 11.3 Å². The Labute approximate surface area is 111 Å². The van der Waals surface area contributed by atoms with Gasteiger partial charge in [-0.15, -0.1) is 11.3 Å². The van der Waals surface area contributed by atoms with E-state index in [1.165, 1.54) is 0 Å². The van der Waals surface area contributed by atoms with Gasteiger partial charge in [-0.1, -0.05) is 19.9 Å². The summed E-state index contributed by atoms with van der Waals surface area (Å²) in [7, 11) is 0. The van der Waals surface area contributed by atoms with Gasteiger partial charge in [-0.25, -0.2) is 0 Å². The highest BCUT2D eigenvalue weighted by Gasteiger charge is 2.37. The highest BCUT2D eigenvalue weighted by molar-refractivity contribution is 7.10. The Hall–Kier alpha value is -1.36. The number of carbonyl (C=O) groups excluding carboxylic acids is 2. The number of amides is 2. The van der Waals surface area contributed by atoms with Crippen LogP contribution in [0.1, 0.15) is 37.6 Å². The maximum atomic E-state index is 12.1. The summed E-state index contributed by atoms with van der Waals surface area (Å²) in [6.45, 7) is 4.12. The molecule has 1 aromatic heterocycles. The van der Waals surface area contributed by atoms with Gasteiger partial charge in [0.2, 0.25) is 11.8 Å². The van der Waals surface area contributed by atoms with Crippen molar-refractivity contribution in [3.05, 3.63) is 22.4 Å². The summed E-state index contributed by atoms with van der Waals surface area (Å²) < 4.78 is 0. The fraction of sp³-hybridized carbons (Fsp3) is 0.538. The molecule has 98 valence electrons. The summed E-state index contributed by atoms with van der Waals surface area (Å²) in [5, 5.41) is 4.67. The molecule has 18 heavy (non-hydrogen) atoms. The Morgan fingerprint density at radius 1 is 1.50 bits per heavy atom. The molecule has 4 nitrogen and oxygen atoms in total. The summed E-state index contributed by atoms with van der Waals surface area (Å²) in [5.41, 5.74) is 0. The molecule has 1 aliphatic rings. The second-order valence-electron chi connectivity index (χ2n) is 4.38. The third-order valence-corrected chi connectivity index (χ3v) is 4.29. The topological polar surface area (TPSA) is 49.4 Å². The molecule has 2 amide bonds. The summed E-state index contributed by atoms with van der Waals surface area (Å²) in [4.78, 5) is 26.9. The number of thiophene rings is 1. The van der Waals surface area contributed by atoms with Crippen LogP contribution in [-0.2, 0) is 9.59 Å². The van der Waals surface area contributed by atoms with Crippen LogP contribution in [0.25, 0.3) is 0 Å². The summed E-state index contributed by atoms with van der Waals surface area (Å²) in [6.07, 6.45) is 1.48. The molecule has 1 fully saturated rings. The van der Waals surface area contributed by atoms with E-state index < -0.39 is 0 Å². The first-order valence-corrected chi connectivity index (χ1v) is 7.19. The van der Waals surface area contributed by atoms with Crippen molar-refractivity contribution >= 4 is 23.2 Å². The van der Waals surface area contributed by atoms with Gasteiger partial charge in [0.25, 0.3) is 0 Å². The minimum atomic E-state index is -0.335. The lowest BCUT2D eigenvalue weighted by Crippen LogP contribution is -2.58. The number of rotatable bonds is 4. The highest BCUT2D eigenvalue weighted by Crippen LogP contribution is 2.31. The van der Waals surface area contributed by atoms with Gasteiger partial charge in [0.05, 0.1) is 12.6 Å². The molecule has 0 saturated carbocycles. The molecular formula is C13H18N2O2S. The van der Waals surface area contributed by atoms with Gasteiger partial charge in [-0.3, -0.25) is 9.59 Å². The van der Waals surface area contributed by atoms with E-state index in [9.17, 15) is 9.59 Å². The normalized spacial score (nSPS) is 21.9. The molecule has 0 bridgehead atoms. The van der Waals surface area contributed by atoms with E-state index in [4.69, 9.17) is 0 Å². The van der Waals surface area contributed by atoms with E-state index in [1.807, 2.05) is 24.4 Å². The van der Waals surface area contributed by atoms with Crippen LogP contribution in [0, 0.1) is 0 Å². The van der Waals surface area contributed by atoms with E-state index >= 15 is 0 Å². The third-order valence-electron chi connectivity index (χ3n) is 3.32. The minimum Gasteiger partial charge on any atom is -0.345 e. The van der Waals surface area contributed by atoms with Gasteiger partial charge >= 0.3 is 0 Å². The summed E-state index contributed by atoms with van der Waals surface area (Å²) in [6, 6.07) is 3.70. The smallest absolute Gasteiger partial charge is 0.243 e. The van der Waals surface area contributed by atoms with E-state index in [1.54, 1.807) is 16.2 Å². The number of piperazine rings is 1. The molecule has 2 rings (SSSR count). The van der Waals surface area contributed by atoms with Crippen molar-refractivity contribution in [2.45, 2.75) is 38.8 Å². The van der Waals surface area contributed by atoms with Crippen molar-refractivity contribution in [2.24, 2.45) is 0 Å². The summed E-state index contributed by atoms with van der Waals surface area (Å²) >= 11 is 1.64. The van der Waals surface area contributed by atoms with Crippen LogP contribution in [-0.4, -0.2) is 29.3 Å². The number of hydrogen-bond donors (Lipinski definition) is 1. The first-order chi connectivity index (χ1) is 8.69. The zero-order valence-corrected chi connectivity index (χ0v) is 11.5. The van der Waals surface area contributed by atoms with Crippen LogP contribution in [0.2, 0.25) is 0 Å². The van der Waals surface area contributed by atoms with Crippen molar-refractivity contribution in [3.63, 3.8) is 0 Å². The first kappa shape index (κ1) is 13.1. The molecule has 2 heterocycles. The molecule has 0 aromatic carbocycles. The molecule has 5 heteroatoms. The molecule has 1 saturated heterocycles. The van der Waals surface area contributed by atoms with Crippen molar-refractivity contribution in [1.82, 2.24) is 10.2 Å². The first-order valence-electron chi connectivity index (χ1n) is 6.31. The highest BCUT2D eigenvalue weighted by atomic mass is 32.1. The average Bonchev–Trinajstić information content (AvgIpc) is 2.88. The number of hydrogen-bond acceptors (Lipinski definition) is 3. The number of carbonyl (C=O) groups is 2. The third kappa shape index (κ3) is 2.27. The maximum absolute atomic E-state index is 12.1. The Balaban J connectivity index is 2.31. The molecule has 1 aliphatic heterocycles. The molecule has 0 spiro atoms. The zero-order valence-electron chi connectivity index (χ0n) is 10.7. The average molecular weight is 266 g/mol. The molecule has 0 radical (unpaired) electrons. The standard InChI is InChI=1S/C13H18N2O2S/c1-3-9(11-6-5-7-18-11)15-10(4-2)13(17)14-8-12(15)16/h5-7,9-10H,3-4,8H2,1-2H3,(H,14,17). The van der Waals surface area contributed by atoms with Crippen LogP contribution in [0.5, 0.6) is 0 Å². The van der Waals surface area contributed by atoms with Crippen LogP contribution in [0.3, 0.4) is 0 Å². The molecule has 1 N–H and O–H groups in total. The zero-order chi connectivity index (χ0) is 13.1. The SMILES string of the molecule is CCC1C(=O)NCC(=O)N1C(CC)c1cccs1. The molecule has 0 aliphatic carbocycles. The molecule has 2 atom stereocenters. The molecule has 1 aromatic rings. The van der Waals surface area contributed by atoms with Crippen LogP contribution < -0.4 is 5.32 Å². The van der Waals surface area contributed by atoms with Gasteiger partial charge in [0, 0.05) is 4.88 Å². The van der Waals surface area contributed by atoms with E-state index in [0.29, 0.717) is 6.42 Å². The number of nitrogens with one attached hydrogen (secondary N) is 1. The second kappa shape index (κ2) is 5.52. The quantitative estimate of drug-likeness (QED) is 0.905. The van der Waals surface area contributed by atoms with Gasteiger partial charge in [-0.2, -0.15) is 0 Å². The lowest BCUT2D eigenvalue weighted by molar-refractivity contribution is -0.148. The van der Waals surface area contributed by atoms with Gasteiger partial charge < -0.3 is 10.2 Å². The van der Waals surface area contributed by atoms with Gasteiger partial charge in [-0.05, 0) is 24.3 Å². The Morgan fingerprint density at radius 3 is 2.83 bits per heavy atom. The fourth-order valence-corrected chi connectivity index (χ4v) is 3.37. The Morgan fingerprint density at radius 2 is 2.28 bits per heavy atom. The Kier molecular flexibility index (Phi) is 4.01. The van der Waals surface area contributed by atoms with Crippen molar-refractivity contribution < 1.29 is 9.59 Å². The fourth-order valence-electron chi connectivity index (χ4n) is 2.46. The lowest BCUT2D eigenvalue weighted by Gasteiger charge is -2.39. The van der Waals surface area contributed by atoms with Crippen LogP contribution in [0.4, 0.5) is 0 Å². The largest absolute Gasteiger partial charge is 0.345 e. The van der Waals surface area contributed by atoms with Gasteiger partial charge in [0.15, 0.2) is 0 Å². The monoisotopic (exact) mass is 266 g/mol. The van der Waals surface area contributed by atoms with E-state index in [-0.39, 0.29) is 30.4 Å². The molecular weight excluding hydrogens is 248 g/mol. The maximum Gasteiger partial charge on any atom is 0.243 e.